The van der Waals surface area contributed by atoms with Crippen molar-refractivity contribution in [3.63, 3.8) is 0 Å². The average molecular weight is 456 g/mol. The molecule has 0 saturated carbocycles. The highest BCUT2D eigenvalue weighted by Crippen LogP contribution is 2.24. The van der Waals surface area contributed by atoms with Crippen molar-refractivity contribution < 1.29 is 13.2 Å². The molecule has 2 aromatic carbocycles. The molecule has 0 radical (unpaired) electrons. The molecule has 2 heterocycles. The molecule has 1 amide bonds. The lowest BCUT2D eigenvalue weighted by atomic mass is 10.1. The Morgan fingerprint density at radius 2 is 1.56 bits per heavy atom. The van der Waals surface area contributed by atoms with Crippen molar-refractivity contribution >= 4 is 15.9 Å². The van der Waals surface area contributed by atoms with Crippen LogP contribution in [0.25, 0.3) is 0 Å². The summed E-state index contributed by atoms with van der Waals surface area (Å²) in [6, 6.07) is 13.2. The number of hydrogen-bond acceptors (Lipinski definition) is 4. The lowest BCUT2D eigenvalue weighted by Gasteiger charge is -2.26. The molecule has 2 fully saturated rings. The van der Waals surface area contributed by atoms with Crippen LogP contribution in [0.1, 0.15) is 59.2 Å². The maximum Gasteiger partial charge on any atom is 0.251 e. The fourth-order valence-corrected chi connectivity index (χ4v) is 6.37. The zero-order valence-corrected chi connectivity index (χ0v) is 19.7. The van der Waals surface area contributed by atoms with Gasteiger partial charge < -0.3 is 5.32 Å². The van der Waals surface area contributed by atoms with Crippen molar-refractivity contribution in [1.29, 1.82) is 0 Å². The number of hydrogen-bond donors (Lipinski definition) is 1. The molecule has 0 bridgehead atoms. The first kappa shape index (κ1) is 23.0. The number of carbonyl (C=O) groups excluding carboxylic acids is 1. The summed E-state index contributed by atoms with van der Waals surface area (Å²) in [5, 5.41) is 2.99. The van der Waals surface area contributed by atoms with Crippen LogP contribution in [0.4, 0.5) is 0 Å². The van der Waals surface area contributed by atoms with Crippen LogP contribution >= 0.6 is 0 Å². The number of nitrogens with zero attached hydrogens (tertiary/aromatic N) is 2. The summed E-state index contributed by atoms with van der Waals surface area (Å²) < 4.78 is 27.9. The lowest BCUT2D eigenvalue weighted by Crippen LogP contribution is -2.36. The predicted octanol–water partition coefficient (Wildman–Crippen LogP) is 3.70. The Bertz CT molecular complexity index is 1060. The molecule has 4 rings (SSSR count). The molecule has 2 saturated heterocycles. The normalized spacial score (nSPS) is 18.0. The van der Waals surface area contributed by atoms with Gasteiger partial charge in [0.2, 0.25) is 10.0 Å². The Morgan fingerprint density at radius 3 is 2.28 bits per heavy atom. The van der Waals surface area contributed by atoms with Gasteiger partial charge in [-0.1, -0.05) is 36.8 Å². The maximum absolute atomic E-state index is 13.2. The quantitative estimate of drug-likeness (QED) is 0.691. The summed E-state index contributed by atoms with van der Waals surface area (Å²) in [6.07, 6.45) is 5.32. The molecule has 0 atom stereocenters. The number of likely N-dealkylation sites (tertiary alicyclic amines) is 1. The minimum Gasteiger partial charge on any atom is -0.348 e. The van der Waals surface area contributed by atoms with Crippen LogP contribution in [0.15, 0.2) is 47.4 Å². The number of rotatable bonds is 7. The molecular formula is C25H33N3O3S. The van der Waals surface area contributed by atoms with E-state index in [4.69, 9.17) is 0 Å². The summed E-state index contributed by atoms with van der Waals surface area (Å²) in [6.45, 7) is 6.45. The lowest BCUT2D eigenvalue weighted by molar-refractivity contribution is 0.0950. The largest absolute Gasteiger partial charge is 0.348 e. The molecule has 2 aromatic rings. The van der Waals surface area contributed by atoms with Crippen LogP contribution < -0.4 is 5.32 Å². The van der Waals surface area contributed by atoms with Crippen LogP contribution in [0.3, 0.4) is 0 Å². The first-order valence-corrected chi connectivity index (χ1v) is 13.1. The van der Waals surface area contributed by atoms with E-state index in [1.165, 1.54) is 24.5 Å². The van der Waals surface area contributed by atoms with E-state index in [-0.39, 0.29) is 10.8 Å². The van der Waals surface area contributed by atoms with Crippen molar-refractivity contribution in [2.24, 2.45) is 0 Å². The molecule has 6 nitrogen and oxygen atoms in total. The van der Waals surface area contributed by atoms with Gasteiger partial charge >= 0.3 is 0 Å². The standard InChI is InChI=1S/C25H33N3O3S/c1-20-11-12-21(17-24(20)32(30,31)28-15-5-2-6-16-28)25(29)26-18-22-9-3-4-10-23(22)19-27-13-7-8-14-27/h3-4,9-12,17H,2,5-8,13-16,18-19H2,1H3,(H,26,29). The van der Waals surface area contributed by atoms with E-state index in [0.717, 1.165) is 44.5 Å². The fraction of sp³-hybridized carbons (Fsp3) is 0.480. The Morgan fingerprint density at radius 1 is 0.906 bits per heavy atom. The minimum absolute atomic E-state index is 0.237. The topological polar surface area (TPSA) is 69.7 Å². The van der Waals surface area contributed by atoms with Gasteiger partial charge in [0.15, 0.2) is 0 Å². The van der Waals surface area contributed by atoms with E-state index >= 15 is 0 Å². The van der Waals surface area contributed by atoms with Gasteiger partial charge in [0, 0.05) is 31.7 Å². The van der Waals surface area contributed by atoms with E-state index < -0.39 is 10.0 Å². The van der Waals surface area contributed by atoms with E-state index in [0.29, 0.717) is 30.8 Å². The van der Waals surface area contributed by atoms with Crippen molar-refractivity contribution in [2.45, 2.75) is 57.0 Å². The third kappa shape index (κ3) is 5.22. The molecule has 0 unspecified atom stereocenters. The van der Waals surface area contributed by atoms with Gasteiger partial charge in [-0.2, -0.15) is 4.31 Å². The molecular weight excluding hydrogens is 422 g/mol. The molecule has 0 aromatic heterocycles. The van der Waals surface area contributed by atoms with Gasteiger partial charge in [0.1, 0.15) is 0 Å². The van der Waals surface area contributed by atoms with E-state index in [1.807, 2.05) is 18.2 Å². The summed E-state index contributed by atoms with van der Waals surface area (Å²) in [4.78, 5) is 15.6. The van der Waals surface area contributed by atoms with Crippen LogP contribution in [0.2, 0.25) is 0 Å². The van der Waals surface area contributed by atoms with Gasteiger partial charge in [-0.05, 0) is 74.5 Å². The minimum atomic E-state index is -3.59. The number of amides is 1. The van der Waals surface area contributed by atoms with Crippen LogP contribution in [0, 0.1) is 6.92 Å². The molecule has 32 heavy (non-hydrogen) atoms. The van der Waals surface area contributed by atoms with Crippen LogP contribution in [0.5, 0.6) is 0 Å². The molecule has 172 valence electrons. The Kier molecular flexibility index (Phi) is 7.28. The highest BCUT2D eigenvalue weighted by atomic mass is 32.2. The molecule has 1 N–H and O–H groups in total. The number of aryl methyl sites for hydroxylation is 1. The molecule has 2 aliphatic heterocycles. The molecule has 0 aliphatic carbocycles. The third-order valence-corrected chi connectivity index (χ3v) is 8.57. The second kappa shape index (κ2) is 10.1. The molecule has 0 spiro atoms. The van der Waals surface area contributed by atoms with Gasteiger partial charge in [0.05, 0.1) is 4.90 Å². The number of carbonyl (C=O) groups is 1. The van der Waals surface area contributed by atoms with Crippen molar-refractivity contribution in [3.8, 4) is 0 Å². The van der Waals surface area contributed by atoms with E-state index in [2.05, 4.69) is 16.3 Å². The second-order valence-corrected chi connectivity index (χ2v) is 10.8. The summed E-state index contributed by atoms with van der Waals surface area (Å²) in [5.74, 6) is -0.254. The predicted molar refractivity (Wildman–Crippen MR) is 126 cm³/mol. The second-order valence-electron chi connectivity index (χ2n) is 8.88. The average Bonchev–Trinajstić information content (AvgIpc) is 3.32. The van der Waals surface area contributed by atoms with Gasteiger partial charge in [-0.3, -0.25) is 9.69 Å². The highest BCUT2D eigenvalue weighted by molar-refractivity contribution is 7.89. The van der Waals surface area contributed by atoms with Crippen molar-refractivity contribution in [3.05, 3.63) is 64.7 Å². The monoisotopic (exact) mass is 455 g/mol. The highest BCUT2D eigenvalue weighted by Gasteiger charge is 2.28. The maximum atomic E-state index is 13.2. The first-order valence-electron chi connectivity index (χ1n) is 11.6. The number of nitrogens with one attached hydrogen (secondary N) is 1. The molecule has 2 aliphatic rings. The van der Waals surface area contributed by atoms with Crippen LogP contribution in [-0.2, 0) is 23.1 Å². The van der Waals surface area contributed by atoms with Crippen molar-refractivity contribution in [1.82, 2.24) is 14.5 Å². The number of piperidine rings is 1. The molecule has 7 heteroatoms. The zero-order valence-electron chi connectivity index (χ0n) is 18.8. The van der Waals surface area contributed by atoms with E-state index in [1.54, 1.807) is 23.4 Å². The zero-order chi connectivity index (χ0) is 22.6. The smallest absolute Gasteiger partial charge is 0.251 e. The summed E-state index contributed by atoms with van der Waals surface area (Å²) in [5.41, 5.74) is 3.37. The van der Waals surface area contributed by atoms with Gasteiger partial charge in [-0.25, -0.2) is 8.42 Å². The van der Waals surface area contributed by atoms with Gasteiger partial charge in [-0.15, -0.1) is 0 Å². The third-order valence-electron chi connectivity index (χ3n) is 6.53. The summed E-state index contributed by atoms with van der Waals surface area (Å²) in [7, 11) is -3.59. The van der Waals surface area contributed by atoms with Crippen molar-refractivity contribution in [2.75, 3.05) is 26.2 Å². The van der Waals surface area contributed by atoms with Crippen LogP contribution in [-0.4, -0.2) is 49.7 Å². The Balaban J connectivity index is 1.47. The number of benzene rings is 2. The SMILES string of the molecule is Cc1ccc(C(=O)NCc2ccccc2CN2CCCC2)cc1S(=O)(=O)N1CCCCC1. The first-order chi connectivity index (χ1) is 15.4. The summed E-state index contributed by atoms with van der Waals surface area (Å²) >= 11 is 0. The Labute approximate surface area is 191 Å². The van der Waals surface area contributed by atoms with E-state index in [9.17, 15) is 13.2 Å². The number of sulfonamides is 1. The Hall–Kier alpha value is -2.22. The van der Waals surface area contributed by atoms with Gasteiger partial charge in [0.25, 0.3) is 5.91 Å². The fourth-order valence-electron chi connectivity index (χ4n) is 4.61.